The minimum Gasteiger partial charge on any atom is -0.381 e. The fourth-order valence-electron chi connectivity index (χ4n) is 0.874. The van der Waals surface area contributed by atoms with Crippen molar-refractivity contribution in [2.24, 2.45) is 5.41 Å². The van der Waals surface area contributed by atoms with E-state index in [4.69, 9.17) is 10.00 Å². The molecule has 0 aromatic carbocycles. The normalized spacial score (nSPS) is 24.9. The first-order valence-electron chi connectivity index (χ1n) is 3.11. The monoisotopic (exact) mass is 124 g/mol. The van der Waals surface area contributed by atoms with Crippen molar-refractivity contribution in [3.8, 4) is 6.07 Å². The van der Waals surface area contributed by atoms with Gasteiger partial charge in [0.05, 0.1) is 11.5 Å². The highest BCUT2D eigenvalue weighted by atomic mass is 16.5. The third kappa shape index (κ3) is 1.43. The van der Waals surface area contributed by atoms with Crippen molar-refractivity contribution in [2.75, 3.05) is 13.2 Å². The zero-order valence-corrected chi connectivity index (χ0v) is 5.39. The topological polar surface area (TPSA) is 33.0 Å². The van der Waals surface area contributed by atoms with Crippen LogP contribution in [0.4, 0.5) is 0 Å². The molecule has 2 nitrogen and oxygen atoms in total. The molecule has 1 fully saturated rings. The summed E-state index contributed by atoms with van der Waals surface area (Å²) in [5.74, 6) is 0. The Bertz CT molecular complexity index is 130. The molecule has 1 saturated heterocycles. The maximum atomic E-state index is 8.58. The molecule has 0 amide bonds. The molecule has 0 saturated carbocycles. The highest BCUT2D eigenvalue weighted by molar-refractivity contribution is 5.01. The van der Waals surface area contributed by atoms with Crippen molar-refractivity contribution in [1.82, 2.24) is 0 Å². The molecule has 49 valence electrons. The van der Waals surface area contributed by atoms with Gasteiger partial charge in [0, 0.05) is 13.2 Å². The zero-order valence-electron chi connectivity index (χ0n) is 5.39. The van der Waals surface area contributed by atoms with Gasteiger partial charge in [0.25, 0.3) is 0 Å². The summed E-state index contributed by atoms with van der Waals surface area (Å²) in [5.41, 5.74) is -0.349. The summed E-state index contributed by atoms with van der Waals surface area (Å²) in [6, 6.07) is 2.19. The lowest BCUT2D eigenvalue weighted by atomic mass is 9.84. The number of nitrogens with zero attached hydrogens (tertiary/aromatic N) is 1. The molecule has 1 heterocycles. The second kappa shape index (κ2) is 2.36. The van der Waals surface area contributed by atoms with Crippen LogP contribution in [0.15, 0.2) is 0 Å². The molecule has 0 aromatic heterocycles. The molecule has 2 heteroatoms. The van der Waals surface area contributed by atoms with Crippen molar-refractivity contribution in [2.45, 2.75) is 12.8 Å². The van der Waals surface area contributed by atoms with E-state index < -0.39 is 0 Å². The molecule has 0 spiro atoms. The van der Waals surface area contributed by atoms with Crippen LogP contribution in [0, 0.1) is 23.7 Å². The summed E-state index contributed by atoms with van der Waals surface area (Å²) in [6.07, 6.45) is 1.56. The maximum Gasteiger partial charge on any atom is 0.0691 e. The van der Waals surface area contributed by atoms with Gasteiger partial charge in [0.15, 0.2) is 0 Å². The van der Waals surface area contributed by atoms with Gasteiger partial charge in [-0.25, -0.2) is 0 Å². The Hall–Kier alpha value is -0.550. The molecule has 1 aliphatic heterocycles. The smallest absolute Gasteiger partial charge is 0.0691 e. The first-order valence-corrected chi connectivity index (χ1v) is 3.11. The lowest BCUT2D eigenvalue weighted by Crippen LogP contribution is -2.24. The van der Waals surface area contributed by atoms with Gasteiger partial charge in [-0.2, -0.15) is 5.26 Å². The van der Waals surface area contributed by atoms with Crippen LogP contribution < -0.4 is 0 Å². The second-order valence-corrected chi connectivity index (χ2v) is 2.50. The molecule has 0 aliphatic carbocycles. The number of rotatable bonds is 0. The van der Waals surface area contributed by atoms with E-state index in [1.165, 1.54) is 0 Å². The fraction of sp³-hybridized carbons (Fsp3) is 0.714. The molecule has 1 radical (unpaired) electrons. The Kier molecular flexibility index (Phi) is 1.73. The number of hydrogen-bond acceptors (Lipinski definition) is 2. The molecular weight excluding hydrogens is 114 g/mol. The number of hydrogen-bond donors (Lipinski definition) is 0. The van der Waals surface area contributed by atoms with E-state index in [9.17, 15) is 0 Å². The van der Waals surface area contributed by atoms with Gasteiger partial charge in [-0.1, -0.05) is 0 Å². The van der Waals surface area contributed by atoms with Crippen LogP contribution in [0.3, 0.4) is 0 Å². The SMILES string of the molecule is [CH2]C1(C#N)CCOCC1. The predicted octanol–water partition coefficient (Wildman–Crippen LogP) is 1.14. The maximum absolute atomic E-state index is 8.58. The summed E-state index contributed by atoms with van der Waals surface area (Å²) < 4.78 is 5.08. The molecule has 0 N–H and O–H groups in total. The summed E-state index contributed by atoms with van der Waals surface area (Å²) in [7, 11) is 0. The molecule has 1 rings (SSSR count). The van der Waals surface area contributed by atoms with Crippen molar-refractivity contribution in [3.63, 3.8) is 0 Å². The van der Waals surface area contributed by atoms with Crippen LogP contribution in [-0.4, -0.2) is 13.2 Å². The van der Waals surface area contributed by atoms with Crippen molar-refractivity contribution in [3.05, 3.63) is 6.92 Å². The van der Waals surface area contributed by atoms with E-state index in [1.54, 1.807) is 0 Å². The van der Waals surface area contributed by atoms with E-state index in [2.05, 4.69) is 13.0 Å². The van der Waals surface area contributed by atoms with E-state index in [1.807, 2.05) is 0 Å². The summed E-state index contributed by atoms with van der Waals surface area (Å²) in [4.78, 5) is 0. The van der Waals surface area contributed by atoms with Gasteiger partial charge in [0.1, 0.15) is 0 Å². The Morgan fingerprint density at radius 2 is 2.00 bits per heavy atom. The molecule has 0 atom stereocenters. The molecule has 0 bridgehead atoms. The minimum atomic E-state index is -0.349. The van der Waals surface area contributed by atoms with Gasteiger partial charge in [-0.3, -0.25) is 0 Å². The lowest BCUT2D eigenvalue weighted by Gasteiger charge is -2.25. The van der Waals surface area contributed by atoms with E-state index in [-0.39, 0.29) is 5.41 Å². The first kappa shape index (κ1) is 6.57. The average molecular weight is 124 g/mol. The van der Waals surface area contributed by atoms with Crippen molar-refractivity contribution in [1.29, 1.82) is 5.26 Å². The zero-order chi connectivity index (χ0) is 6.74. The van der Waals surface area contributed by atoms with E-state index in [0.29, 0.717) is 13.2 Å². The van der Waals surface area contributed by atoms with Gasteiger partial charge in [-0.05, 0) is 19.8 Å². The van der Waals surface area contributed by atoms with Gasteiger partial charge in [-0.15, -0.1) is 0 Å². The van der Waals surface area contributed by atoms with Gasteiger partial charge in [0.2, 0.25) is 0 Å². The van der Waals surface area contributed by atoms with Crippen molar-refractivity contribution < 1.29 is 4.74 Å². The van der Waals surface area contributed by atoms with Gasteiger partial charge >= 0.3 is 0 Å². The molecule has 0 aromatic rings. The lowest BCUT2D eigenvalue weighted by molar-refractivity contribution is 0.0571. The molecule has 1 aliphatic rings. The predicted molar refractivity (Wildman–Crippen MR) is 33.5 cm³/mol. The van der Waals surface area contributed by atoms with Crippen LogP contribution in [0.2, 0.25) is 0 Å². The Morgan fingerprint density at radius 1 is 1.44 bits per heavy atom. The van der Waals surface area contributed by atoms with Crippen LogP contribution >= 0.6 is 0 Å². The summed E-state index contributed by atoms with van der Waals surface area (Å²) in [5, 5.41) is 8.58. The first-order chi connectivity index (χ1) is 4.27. The second-order valence-electron chi connectivity index (χ2n) is 2.50. The number of nitriles is 1. The Morgan fingerprint density at radius 3 is 2.33 bits per heavy atom. The molecular formula is C7H10NO. The Balaban J connectivity index is 2.49. The van der Waals surface area contributed by atoms with Gasteiger partial charge < -0.3 is 4.74 Å². The minimum absolute atomic E-state index is 0.349. The molecule has 0 unspecified atom stereocenters. The van der Waals surface area contributed by atoms with Crippen LogP contribution in [-0.2, 0) is 4.74 Å². The van der Waals surface area contributed by atoms with E-state index in [0.717, 1.165) is 12.8 Å². The Labute approximate surface area is 55.4 Å². The molecule has 9 heavy (non-hydrogen) atoms. The summed E-state index contributed by atoms with van der Waals surface area (Å²) >= 11 is 0. The van der Waals surface area contributed by atoms with E-state index >= 15 is 0 Å². The number of ether oxygens (including phenoxy) is 1. The third-order valence-corrected chi connectivity index (χ3v) is 1.69. The highest BCUT2D eigenvalue weighted by Crippen LogP contribution is 2.27. The summed E-state index contributed by atoms with van der Waals surface area (Å²) in [6.45, 7) is 5.19. The van der Waals surface area contributed by atoms with Crippen LogP contribution in [0.25, 0.3) is 0 Å². The average Bonchev–Trinajstić information content (AvgIpc) is 1.90. The standard InChI is InChI=1S/C7H10NO/c1-7(6-8)2-4-9-5-3-7/h1-5H2. The fourth-order valence-corrected chi connectivity index (χ4v) is 0.874. The van der Waals surface area contributed by atoms with Crippen LogP contribution in [0.5, 0.6) is 0 Å². The third-order valence-electron chi connectivity index (χ3n) is 1.69. The van der Waals surface area contributed by atoms with Crippen LogP contribution in [0.1, 0.15) is 12.8 Å². The largest absolute Gasteiger partial charge is 0.381 e. The quantitative estimate of drug-likeness (QED) is 0.485. The van der Waals surface area contributed by atoms with Crippen molar-refractivity contribution >= 4 is 0 Å². The highest BCUT2D eigenvalue weighted by Gasteiger charge is 2.26.